The van der Waals surface area contributed by atoms with E-state index in [0.29, 0.717) is 12.1 Å². The van der Waals surface area contributed by atoms with Crippen LogP contribution in [0.2, 0.25) is 0 Å². The molecule has 0 bridgehead atoms. The van der Waals surface area contributed by atoms with Crippen LogP contribution in [-0.2, 0) is 6.54 Å². The summed E-state index contributed by atoms with van der Waals surface area (Å²) in [6.45, 7) is 2.52. The molecule has 4 nitrogen and oxygen atoms in total. The molecule has 0 amide bonds. The van der Waals surface area contributed by atoms with Gasteiger partial charge in [-0.15, -0.1) is 0 Å². The van der Waals surface area contributed by atoms with E-state index in [2.05, 4.69) is 15.5 Å². The summed E-state index contributed by atoms with van der Waals surface area (Å²) >= 11 is 1.85. The quantitative estimate of drug-likeness (QED) is 0.893. The van der Waals surface area contributed by atoms with Crippen LogP contribution in [0.25, 0.3) is 0 Å². The number of hydrogen-bond acceptors (Lipinski definition) is 4. The number of thioether (sulfide) groups is 1. The van der Waals surface area contributed by atoms with Crippen LogP contribution in [0.4, 0.5) is 0 Å². The van der Waals surface area contributed by atoms with E-state index < -0.39 is 0 Å². The zero-order valence-corrected chi connectivity index (χ0v) is 11.6. The molecule has 0 aromatic carbocycles. The molecule has 1 spiro atoms. The number of aryl methyl sites for hydroxylation is 1. The highest BCUT2D eigenvalue weighted by molar-refractivity contribution is 8.14. The molecule has 1 saturated carbocycles. The summed E-state index contributed by atoms with van der Waals surface area (Å²) < 4.78 is 5.17. The SMILES string of the molecule is Cc1cc(CN=C2NC3(CCCCC3)CS2)on1. The van der Waals surface area contributed by atoms with Crippen LogP contribution in [0.15, 0.2) is 15.6 Å². The van der Waals surface area contributed by atoms with Gasteiger partial charge in [-0.1, -0.05) is 36.2 Å². The third-order valence-electron chi connectivity index (χ3n) is 3.72. The second kappa shape index (κ2) is 4.96. The van der Waals surface area contributed by atoms with Gasteiger partial charge in [0.1, 0.15) is 6.54 Å². The van der Waals surface area contributed by atoms with E-state index in [1.54, 1.807) is 0 Å². The lowest BCUT2D eigenvalue weighted by molar-refractivity contribution is 0.303. The number of aromatic nitrogens is 1. The van der Waals surface area contributed by atoms with Crippen molar-refractivity contribution in [3.8, 4) is 0 Å². The van der Waals surface area contributed by atoms with Crippen LogP contribution >= 0.6 is 11.8 Å². The first-order chi connectivity index (χ1) is 8.76. The predicted molar refractivity (Wildman–Crippen MR) is 73.8 cm³/mol. The first kappa shape index (κ1) is 12.1. The summed E-state index contributed by atoms with van der Waals surface area (Å²) in [5.41, 5.74) is 1.25. The van der Waals surface area contributed by atoms with Crippen LogP contribution < -0.4 is 5.32 Å². The summed E-state index contributed by atoms with van der Waals surface area (Å²) in [4.78, 5) is 4.59. The molecule has 3 rings (SSSR count). The summed E-state index contributed by atoms with van der Waals surface area (Å²) in [5.74, 6) is 2.01. The molecular weight excluding hydrogens is 246 g/mol. The molecule has 0 atom stereocenters. The minimum absolute atomic E-state index is 0.332. The van der Waals surface area contributed by atoms with Gasteiger partial charge in [0.25, 0.3) is 0 Å². The molecule has 1 aromatic heterocycles. The normalized spacial score (nSPS) is 24.6. The molecule has 98 valence electrons. The van der Waals surface area contributed by atoms with Gasteiger partial charge in [-0.2, -0.15) is 0 Å². The lowest BCUT2D eigenvalue weighted by Gasteiger charge is -2.32. The Labute approximate surface area is 112 Å². The van der Waals surface area contributed by atoms with E-state index in [0.717, 1.165) is 16.6 Å². The second-order valence-corrected chi connectivity index (χ2v) is 6.27. The Morgan fingerprint density at radius 2 is 2.28 bits per heavy atom. The Balaban J connectivity index is 1.61. The van der Waals surface area contributed by atoms with E-state index in [1.165, 1.54) is 37.9 Å². The molecule has 0 unspecified atom stereocenters. The van der Waals surface area contributed by atoms with Crippen LogP contribution in [0.1, 0.15) is 43.6 Å². The van der Waals surface area contributed by atoms with Gasteiger partial charge >= 0.3 is 0 Å². The zero-order chi connectivity index (χ0) is 12.4. The van der Waals surface area contributed by atoms with Crippen LogP contribution in [0, 0.1) is 6.92 Å². The van der Waals surface area contributed by atoms with E-state index in [1.807, 2.05) is 24.8 Å². The van der Waals surface area contributed by atoms with Crippen molar-refractivity contribution in [1.29, 1.82) is 0 Å². The van der Waals surface area contributed by atoms with Crippen molar-refractivity contribution in [3.05, 3.63) is 17.5 Å². The molecule has 1 saturated heterocycles. The smallest absolute Gasteiger partial charge is 0.158 e. The lowest BCUT2D eigenvalue weighted by atomic mass is 9.83. The Morgan fingerprint density at radius 3 is 3.00 bits per heavy atom. The highest BCUT2D eigenvalue weighted by Crippen LogP contribution is 2.36. The fourth-order valence-corrected chi connectivity index (χ4v) is 3.95. The Kier molecular flexibility index (Phi) is 3.33. The number of nitrogens with zero attached hydrogens (tertiary/aromatic N) is 2. The Bertz CT molecular complexity index is 449. The van der Waals surface area contributed by atoms with Gasteiger partial charge in [0.2, 0.25) is 0 Å². The monoisotopic (exact) mass is 265 g/mol. The molecule has 1 aliphatic carbocycles. The summed E-state index contributed by atoms with van der Waals surface area (Å²) in [6, 6.07) is 1.94. The average molecular weight is 265 g/mol. The average Bonchev–Trinajstić information content (AvgIpc) is 2.96. The first-order valence-corrected chi connectivity index (χ1v) is 7.62. The van der Waals surface area contributed by atoms with Gasteiger partial charge in [-0.05, 0) is 19.8 Å². The fraction of sp³-hybridized carbons (Fsp3) is 0.692. The summed E-state index contributed by atoms with van der Waals surface area (Å²) in [5, 5.41) is 8.58. The number of hydrogen-bond donors (Lipinski definition) is 1. The van der Waals surface area contributed by atoms with Crippen molar-refractivity contribution >= 4 is 16.9 Å². The minimum Gasteiger partial charge on any atom is -0.359 e. The highest BCUT2D eigenvalue weighted by atomic mass is 32.2. The van der Waals surface area contributed by atoms with E-state index in [9.17, 15) is 0 Å². The lowest BCUT2D eigenvalue weighted by Crippen LogP contribution is -2.45. The van der Waals surface area contributed by atoms with Gasteiger partial charge in [0.15, 0.2) is 10.9 Å². The number of aliphatic imine (C=N–C) groups is 1. The van der Waals surface area contributed by atoms with E-state index in [4.69, 9.17) is 4.52 Å². The van der Waals surface area contributed by atoms with Crippen molar-refractivity contribution in [2.24, 2.45) is 4.99 Å². The van der Waals surface area contributed by atoms with Gasteiger partial charge in [-0.25, -0.2) is 0 Å². The highest BCUT2D eigenvalue weighted by Gasteiger charge is 2.37. The van der Waals surface area contributed by atoms with Crippen molar-refractivity contribution in [2.45, 2.75) is 51.1 Å². The number of amidine groups is 1. The molecule has 1 aromatic rings. The zero-order valence-electron chi connectivity index (χ0n) is 10.7. The van der Waals surface area contributed by atoms with Gasteiger partial charge in [0.05, 0.1) is 5.69 Å². The molecule has 1 N–H and O–H groups in total. The second-order valence-electron chi connectivity index (χ2n) is 5.31. The summed E-state index contributed by atoms with van der Waals surface area (Å²) in [6.07, 6.45) is 6.67. The third-order valence-corrected chi connectivity index (χ3v) is 4.92. The molecule has 5 heteroatoms. The standard InChI is InChI=1S/C13H19N3OS/c1-10-7-11(17-16-10)8-14-12-15-13(9-18-12)5-3-2-4-6-13/h7H,2-6,8-9H2,1H3,(H,14,15). The van der Waals surface area contributed by atoms with Crippen LogP contribution in [0.3, 0.4) is 0 Å². The predicted octanol–water partition coefficient (Wildman–Crippen LogP) is 2.88. The van der Waals surface area contributed by atoms with Gasteiger partial charge in [0, 0.05) is 17.4 Å². The number of nitrogens with one attached hydrogen (secondary N) is 1. The maximum Gasteiger partial charge on any atom is 0.158 e. The maximum absolute atomic E-state index is 5.17. The minimum atomic E-state index is 0.332. The third kappa shape index (κ3) is 2.55. The Morgan fingerprint density at radius 1 is 1.44 bits per heavy atom. The first-order valence-electron chi connectivity index (χ1n) is 6.63. The topological polar surface area (TPSA) is 50.4 Å². The van der Waals surface area contributed by atoms with E-state index >= 15 is 0 Å². The van der Waals surface area contributed by atoms with Gasteiger partial charge in [-0.3, -0.25) is 4.99 Å². The molecule has 2 aliphatic rings. The van der Waals surface area contributed by atoms with Crippen molar-refractivity contribution < 1.29 is 4.52 Å². The maximum atomic E-state index is 5.17. The molecule has 0 radical (unpaired) electrons. The van der Waals surface area contributed by atoms with Gasteiger partial charge < -0.3 is 9.84 Å². The van der Waals surface area contributed by atoms with Crippen LogP contribution in [-0.4, -0.2) is 21.6 Å². The molecule has 2 heterocycles. The van der Waals surface area contributed by atoms with E-state index in [-0.39, 0.29) is 0 Å². The number of rotatable bonds is 2. The molecule has 18 heavy (non-hydrogen) atoms. The molecule has 1 aliphatic heterocycles. The van der Waals surface area contributed by atoms with Crippen molar-refractivity contribution in [3.63, 3.8) is 0 Å². The molecule has 2 fully saturated rings. The fourth-order valence-electron chi connectivity index (χ4n) is 2.73. The summed E-state index contributed by atoms with van der Waals surface area (Å²) in [7, 11) is 0. The van der Waals surface area contributed by atoms with Crippen molar-refractivity contribution in [1.82, 2.24) is 10.5 Å². The van der Waals surface area contributed by atoms with Crippen LogP contribution in [0.5, 0.6) is 0 Å². The van der Waals surface area contributed by atoms with Crippen molar-refractivity contribution in [2.75, 3.05) is 5.75 Å². The molecular formula is C13H19N3OS. The largest absolute Gasteiger partial charge is 0.359 e. The Hall–Kier alpha value is -0.970.